The zero-order chi connectivity index (χ0) is 13.2. The summed E-state index contributed by atoms with van der Waals surface area (Å²) < 4.78 is 5.18. The zero-order valence-electron chi connectivity index (χ0n) is 10.3. The Kier molecular flexibility index (Phi) is 3.35. The van der Waals surface area contributed by atoms with Crippen LogP contribution in [0.25, 0.3) is 0 Å². The summed E-state index contributed by atoms with van der Waals surface area (Å²) in [6, 6.07) is 11.9. The van der Waals surface area contributed by atoms with Crippen LogP contribution in [0.5, 0.6) is 5.75 Å². The third-order valence-corrected chi connectivity index (χ3v) is 4.06. The van der Waals surface area contributed by atoms with Crippen molar-refractivity contribution in [3.05, 3.63) is 46.7 Å². The Morgan fingerprint density at radius 1 is 1.32 bits per heavy atom. The molecule has 6 heteroatoms. The lowest BCUT2D eigenvalue weighted by Gasteiger charge is -2.23. The van der Waals surface area contributed by atoms with E-state index in [9.17, 15) is 0 Å². The van der Waals surface area contributed by atoms with Crippen molar-refractivity contribution >= 4 is 35.5 Å². The lowest BCUT2D eigenvalue weighted by molar-refractivity contribution is 0.415. The molecule has 1 aliphatic heterocycles. The van der Waals surface area contributed by atoms with Crippen LogP contribution in [0.1, 0.15) is 4.88 Å². The average Bonchev–Trinajstić information content (AvgIpc) is 3.08. The van der Waals surface area contributed by atoms with Gasteiger partial charge in [-0.2, -0.15) is 5.10 Å². The third-order valence-electron chi connectivity index (χ3n) is 2.85. The molecule has 0 saturated heterocycles. The molecule has 0 fully saturated rings. The van der Waals surface area contributed by atoms with E-state index in [1.807, 2.05) is 46.7 Å². The van der Waals surface area contributed by atoms with E-state index in [4.69, 9.17) is 4.74 Å². The summed E-state index contributed by atoms with van der Waals surface area (Å²) in [5, 5.41) is 6.39. The van der Waals surface area contributed by atoms with E-state index in [-0.39, 0.29) is 5.50 Å². The third kappa shape index (κ3) is 2.29. The maximum Gasteiger partial charge on any atom is 0.172 e. The van der Waals surface area contributed by atoms with Gasteiger partial charge in [-0.3, -0.25) is 10.3 Å². The van der Waals surface area contributed by atoms with Crippen LogP contribution >= 0.6 is 24.0 Å². The second-order valence-electron chi connectivity index (χ2n) is 3.98. The molecule has 1 aromatic heterocycles. The molecule has 1 unspecified atom stereocenters. The molecule has 1 atom stereocenters. The predicted octanol–water partition coefficient (Wildman–Crippen LogP) is 2.74. The summed E-state index contributed by atoms with van der Waals surface area (Å²) in [6.45, 7) is 0. The van der Waals surface area contributed by atoms with Gasteiger partial charge in [-0.15, -0.1) is 24.0 Å². The zero-order valence-corrected chi connectivity index (χ0v) is 12.0. The van der Waals surface area contributed by atoms with E-state index in [1.54, 1.807) is 18.4 Å². The number of nitrogens with one attached hydrogen (secondary N) is 1. The topological polar surface area (TPSA) is 36.9 Å². The standard InChI is InChI=1S/C13H13N3OS2/c1-17-10-6-4-9(5-7-10)16-12(14-15-13(16)18)11-3-2-8-19-11/h2-8,13,15,18H,1H3. The van der Waals surface area contributed by atoms with Crippen LogP contribution in [0.2, 0.25) is 0 Å². The Labute approximate surface area is 121 Å². The second-order valence-corrected chi connectivity index (χ2v) is 5.42. The Morgan fingerprint density at radius 2 is 2.11 bits per heavy atom. The summed E-state index contributed by atoms with van der Waals surface area (Å²) >= 11 is 6.17. The van der Waals surface area contributed by atoms with Crippen LogP contribution in [0.4, 0.5) is 5.69 Å². The van der Waals surface area contributed by atoms with E-state index in [0.29, 0.717) is 0 Å². The highest BCUT2D eigenvalue weighted by Gasteiger charge is 2.27. The first-order valence-corrected chi connectivity index (χ1v) is 7.17. The van der Waals surface area contributed by atoms with E-state index in [2.05, 4.69) is 23.2 Å². The summed E-state index contributed by atoms with van der Waals surface area (Å²) in [5.41, 5.74) is 3.85. The number of rotatable bonds is 3. The van der Waals surface area contributed by atoms with E-state index < -0.39 is 0 Å². The van der Waals surface area contributed by atoms with Crippen molar-refractivity contribution in [2.75, 3.05) is 12.0 Å². The monoisotopic (exact) mass is 291 g/mol. The summed E-state index contributed by atoms with van der Waals surface area (Å²) in [4.78, 5) is 3.16. The highest BCUT2D eigenvalue weighted by molar-refractivity contribution is 7.81. The predicted molar refractivity (Wildman–Crippen MR) is 82.2 cm³/mol. The SMILES string of the molecule is COc1ccc(N2C(c3cccs3)=NNC2S)cc1. The van der Waals surface area contributed by atoms with Crippen molar-refractivity contribution in [2.45, 2.75) is 5.50 Å². The number of hydrazone groups is 1. The Bertz CT molecular complexity index is 580. The molecule has 0 aliphatic carbocycles. The molecule has 3 rings (SSSR count). The smallest absolute Gasteiger partial charge is 0.172 e. The van der Waals surface area contributed by atoms with Crippen LogP contribution in [-0.4, -0.2) is 18.4 Å². The van der Waals surface area contributed by atoms with Crippen molar-refractivity contribution in [1.29, 1.82) is 0 Å². The Hall–Kier alpha value is -1.66. The van der Waals surface area contributed by atoms with E-state index >= 15 is 0 Å². The fraction of sp³-hybridized carbons (Fsp3) is 0.154. The molecule has 0 radical (unpaired) electrons. The van der Waals surface area contributed by atoms with Gasteiger partial charge in [0.1, 0.15) is 5.75 Å². The Balaban J connectivity index is 1.94. The number of nitrogens with zero attached hydrogens (tertiary/aromatic N) is 2. The molecule has 2 aromatic rings. The molecule has 19 heavy (non-hydrogen) atoms. The molecule has 0 bridgehead atoms. The molecule has 1 N–H and O–H groups in total. The van der Waals surface area contributed by atoms with Gasteiger partial charge >= 0.3 is 0 Å². The molecule has 0 amide bonds. The van der Waals surface area contributed by atoms with Crippen molar-refractivity contribution in [3.63, 3.8) is 0 Å². The molecule has 98 valence electrons. The van der Waals surface area contributed by atoms with Gasteiger partial charge in [-0.25, -0.2) is 0 Å². The second kappa shape index (κ2) is 5.14. The first-order valence-electron chi connectivity index (χ1n) is 5.78. The highest BCUT2D eigenvalue weighted by Crippen LogP contribution is 2.27. The van der Waals surface area contributed by atoms with Gasteiger partial charge in [0, 0.05) is 5.69 Å². The van der Waals surface area contributed by atoms with Gasteiger partial charge in [-0.05, 0) is 35.7 Å². The minimum Gasteiger partial charge on any atom is -0.497 e. The van der Waals surface area contributed by atoms with Crippen molar-refractivity contribution in [3.8, 4) is 5.75 Å². The number of anilines is 1. The largest absolute Gasteiger partial charge is 0.497 e. The van der Waals surface area contributed by atoms with Crippen molar-refractivity contribution in [2.24, 2.45) is 5.10 Å². The van der Waals surface area contributed by atoms with Crippen LogP contribution in [0.15, 0.2) is 46.9 Å². The Morgan fingerprint density at radius 3 is 2.74 bits per heavy atom. The minimum absolute atomic E-state index is 0.162. The number of hydrogen-bond acceptors (Lipinski definition) is 6. The summed E-state index contributed by atoms with van der Waals surface area (Å²) in [7, 11) is 1.66. The van der Waals surface area contributed by atoms with Gasteiger partial charge in [-0.1, -0.05) is 6.07 Å². The van der Waals surface area contributed by atoms with E-state index in [0.717, 1.165) is 22.1 Å². The van der Waals surface area contributed by atoms with Gasteiger partial charge in [0.2, 0.25) is 0 Å². The number of thiophene rings is 1. The highest BCUT2D eigenvalue weighted by atomic mass is 32.1. The maximum absolute atomic E-state index is 5.18. The summed E-state index contributed by atoms with van der Waals surface area (Å²) in [5.74, 6) is 1.72. The fourth-order valence-corrected chi connectivity index (χ4v) is 2.94. The first-order chi connectivity index (χ1) is 9.29. The molecular weight excluding hydrogens is 278 g/mol. The molecule has 4 nitrogen and oxygen atoms in total. The van der Waals surface area contributed by atoms with Crippen molar-refractivity contribution < 1.29 is 4.74 Å². The first kappa shape index (κ1) is 12.4. The van der Waals surface area contributed by atoms with E-state index in [1.165, 1.54) is 0 Å². The fourth-order valence-electron chi connectivity index (χ4n) is 1.93. The van der Waals surface area contributed by atoms with Gasteiger partial charge in [0.25, 0.3) is 0 Å². The number of methoxy groups -OCH3 is 1. The number of amidine groups is 1. The van der Waals surface area contributed by atoms with Crippen LogP contribution in [0, 0.1) is 0 Å². The van der Waals surface area contributed by atoms with Gasteiger partial charge in [0.05, 0.1) is 12.0 Å². The van der Waals surface area contributed by atoms with Crippen LogP contribution < -0.4 is 15.1 Å². The number of ether oxygens (including phenoxy) is 1. The lowest BCUT2D eigenvalue weighted by atomic mass is 10.2. The lowest BCUT2D eigenvalue weighted by Crippen LogP contribution is -2.36. The van der Waals surface area contributed by atoms with Crippen LogP contribution in [0.3, 0.4) is 0 Å². The summed E-state index contributed by atoms with van der Waals surface area (Å²) in [6.07, 6.45) is 0. The quantitative estimate of drug-likeness (QED) is 0.854. The molecule has 1 aliphatic rings. The minimum atomic E-state index is -0.162. The van der Waals surface area contributed by atoms with Crippen LogP contribution in [-0.2, 0) is 0 Å². The molecule has 0 spiro atoms. The average molecular weight is 291 g/mol. The number of thiol groups is 1. The van der Waals surface area contributed by atoms with Gasteiger partial charge in [0.15, 0.2) is 11.3 Å². The van der Waals surface area contributed by atoms with Gasteiger partial charge < -0.3 is 4.74 Å². The molecule has 1 aromatic carbocycles. The normalized spacial score (nSPS) is 18.1. The number of hydrogen-bond donors (Lipinski definition) is 2. The molecular formula is C13H13N3OS2. The molecule has 0 saturated carbocycles. The van der Waals surface area contributed by atoms with Crippen molar-refractivity contribution in [1.82, 2.24) is 5.43 Å². The molecule has 2 heterocycles. The number of benzene rings is 1. The maximum atomic E-state index is 5.18.